The molecule has 0 bridgehead atoms. The summed E-state index contributed by atoms with van der Waals surface area (Å²) in [6.07, 6.45) is 1.80. The Morgan fingerprint density at radius 3 is 2.56 bits per heavy atom. The van der Waals surface area contributed by atoms with Crippen LogP contribution in [0.25, 0.3) is 11.3 Å². The highest BCUT2D eigenvalue weighted by molar-refractivity contribution is 5.90. The van der Waals surface area contributed by atoms with E-state index in [0.29, 0.717) is 18.0 Å². The molecular weight excluding hydrogens is 344 g/mol. The number of nitrogens with zero attached hydrogens (tertiary/aromatic N) is 1. The van der Waals surface area contributed by atoms with Gasteiger partial charge in [0.05, 0.1) is 31.8 Å². The molecule has 0 spiro atoms. The highest BCUT2D eigenvalue weighted by atomic mass is 16.5. The lowest BCUT2D eigenvalue weighted by Gasteiger charge is -2.12. The van der Waals surface area contributed by atoms with E-state index in [9.17, 15) is 4.79 Å². The molecule has 0 unspecified atom stereocenters. The molecule has 1 amide bonds. The van der Waals surface area contributed by atoms with Crippen LogP contribution in [0.2, 0.25) is 0 Å². The lowest BCUT2D eigenvalue weighted by molar-refractivity contribution is -0.114. The third kappa shape index (κ3) is 4.38. The zero-order valence-corrected chi connectivity index (χ0v) is 15.5. The molecule has 0 fully saturated rings. The molecule has 0 aliphatic heterocycles. The maximum Gasteiger partial charge on any atom is 0.221 e. The first-order valence-electron chi connectivity index (χ1n) is 8.47. The van der Waals surface area contributed by atoms with Crippen molar-refractivity contribution in [2.24, 2.45) is 0 Å². The largest absolute Gasteiger partial charge is 0.497 e. The molecular formula is C20H22N4O3. The Bertz CT molecular complexity index is 919. The minimum absolute atomic E-state index is 0.142. The average molecular weight is 366 g/mol. The lowest BCUT2D eigenvalue weighted by atomic mass is 10.1. The number of H-pyrrole nitrogens is 1. The first-order valence-corrected chi connectivity index (χ1v) is 8.47. The summed E-state index contributed by atoms with van der Waals surface area (Å²) in [6.45, 7) is 2.05. The normalized spacial score (nSPS) is 10.3. The van der Waals surface area contributed by atoms with Crippen molar-refractivity contribution < 1.29 is 14.3 Å². The molecule has 7 heteroatoms. The van der Waals surface area contributed by atoms with Crippen LogP contribution in [0.15, 0.2) is 48.7 Å². The molecule has 3 aromatic rings. The van der Waals surface area contributed by atoms with Crippen molar-refractivity contribution in [3.8, 4) is 22.8 Å². The molecule has 27 heavy (non-hydrogen) atoms. The van der Waals surface area contributed by atoms with E-state index in [0.717, 1.165) is 28.3 Å². The maximum absolute atomic E-state index is 11.3. The molecule has 1 aromatic heterocycles. The summed E-state index contributed by atoms with van der Waals surface area (Å²) in [5.74, 6) is 1.26. The van der Waals surface area contributed by atoms with Crippen LogP contribution < -0.4 is 20.1 Å². The van der Waals surface area contributed by atoms with E-state index >= 15 is 0 Å². The molecule has 7 nitrogen and oxygen atoms in total. The van der Waals surface area contributed by atoms with E-state index in [-0.39, 0.29) is 5.91 Å². The number of hydrogen-bond donors (Lipinski definition) is 3. The molecule has 0 aliphatic rings. The van der Waals surface area contributed by atoms with Crippen LogP contribution in [-0.4, -0.2) is 30.3 Å². The molecule has 3 N–H and O–H groups in total. The third-order valence-corrected chi connectivity index (χ3v) is 4.09. The quantitative estimate of drug-likeness (QED) is 0.594. The molecule has 0 aliphatic carbocycles. The van der Waals surface area contributed by atoms with E-state index in [1.54, 1.807) is 20.4 Å². The van der Waals surface area contributed by atoms with Gasteiger partial charge in [-0.25, -0.2) is 0 Å². The smallest absolute Gasteiger partial charge is 0.221 e. The first-order chi connectivity index (χ1) is 13.1. The molecule has 2 aromatic carbocycles. The van der Waals surface area contributed by atoms with Crippen molar-refractivity contribution in [1.29, 1.82) is 0 Å². The van der Waals surface area contributed by atoms with Gasteiger partial charge < -0.3 is 20.1 Å². The van der Waals surface area contributed by atoms with Crippen molar-refractivity contribution in [1.82, 2.24) is 10.2 Å². The SMILES string of the molecule is COc1ccc(-c2[nH]ncc2CNc2ccc(NC(C)=O)c(OC)c2)cc1. The number of ether oxygens (including phenoxy) is 2. The van der Waals surface area contributed by atoms with E-state index in [2.05, 4.69) is 20.8 Å². The molecule has 0 saturated heterocycles. The fraction of sp³-hybridized carbons (Fsp3) is 0.200. The van der Waals surface area contributed by atoms with E-state index in [4.69, 9.17) is 9.47 Å². The summed E-state index contributed by atoms with van der Waals surface area (Å²) >= 11 is 0. The predicted molar refractivity (Wildman–Crippen MR) is 105 cm³/mol. The van der Waals surface area contributed by atoms with Gasteiger partial charge in [0.2, 0.25) is 5.91 Å². The van der Waals surface area contributed by atoms with Gasteiger partial charge in [-0.05, 0) is 36.4 Å². The van der Waals surface area contributed by atoms with Crippen LogP contribution >= 0.6 is 0 Å². The Hall–Kier alpha value is -3.48. The van der Waals surface area contributed by atoms with E-state index in [1.165, 1.54) is 6.92 Å². The minimum Gasteiger partial charge on any atom is -0.497 e. The third-order valence-electron chi connectivity index (χ3n) is 4.09. The Balaban J connectivity index is 1.74. The number of aromatic nitrogens is 2. The first kappa shape index (κ1) is 18.3. The lowest BCUT2D eigenvalue weighted by Crippen LogP contribution is -2.07. The summed E-state index contributed by atoms with van der Waals surface area (Å²) < 4.78 is 10.6. The fourth-order valence-corrected chi connectivity index (χ4v) is 2.74. The van der Waals surface area contributed by atoms with Gasteiger partial charge in [0.1, 0.15) is 11.5 Å². The van der Waals surface area contributed by atoms with Crippen molar-refractivity contribution in [3.05, 3.63) is 54.2 Å². The van der Waals surface area contributed by atoms with Crippen LogP contribution in [0.1, 0.15) is 12.5 Å². The van der Waals surface area contributed by atoms with Crippen LogP contribution in [0.5, 0.6) is 11.5 Å². The van der Waals surface area contributed by atoms with Gasteiger partial charge in [-0.3, -0.25) is 9.89 Å². The number of hydrogen-bond acceptors (Lipinski definition) is 5. The number of rotatable bonds is 7. The van der Waals surface area contributed by atoms with E-state index in [1.807, 2.05) is 42.5 Å². The second-order valence-electron chi connectivity index (χ2n) is 5.95. The van der Waals surface area contributed by atoms with Crippen molar-refractivity contribution in [2.45, 2.75) is 13.5 Å². The molecule has 0 radical (unpaired) electrons. The Morgan fingerprint density at radius 1 is 1.11 bits per heavy atom. The molecule has 0 saturated carbocycles. The second kappa shape index (κ2) is 8.27. The van der Waals surface area contributed by atoms with Gasteiger partial charge in [0, 0.05) is 36.3 Å². The summed E-state index contributed by atoms with van der Waals surface area (Å²) in [6, 6.07) is 13.3. The maximum atomic E-state index is 11.3. The van der Waals surface area contributed by atoms with Crippen molar-refractivity contribution >= 4 is 17.3 Å². The number of carbonyl (C=O) groups is 1. The van der Waals surface area contributed by atoms with Crippen molar-refractivity contribution in [2.75, 3.05) is 24.9 Å². The Morgan fingerprint density at radius 2 is 1.89 bits per heavy atom. The Kier molecular flexibility index (Phi) is 5.61. The van der Waals surface area contributed by atoms with Crippen LogP contribution in [-0.2, 0) is 11.3 Å². The number of nitrogens with one attached hydrogen (secondary N) is 3. The predicted octanol–water partition coefficient (Wildman–Crippen LogP) is 3.66. The number of aromatic amines is 1. The van der Waals surface area contributed by atoms with Crippen LogP contribution in [0.4, 0.5) is 11.4 Å². The number of methoxy groups -OCH3 is 2. The van der Waals surface area contributed by atoms with Gasteiger partial charge in [-0.15, -0.1) is 0 Å². The topological polar surface area (TPSA) is 88.3 Å². The minimum atomic E-state index is -0.142. The van der Waals surface area contributed by atoms with Gasteiger partial charge >= 0.3 is 0 Å². The summed E-state index contributed by atoms with van der Waals surface area (Å²) in [5, 5.41) is 13.3. The number of anilines is 2. The van der Waals surface area contributed by atoms with Gasteiger partial charge in [0.15, 0.2) is 0 Å². The number of carbonyl (C=O) groups excluding carboxylic acids is 1. The zero-order chi connectivity index (χ0) is 19.2. The van der Waals surface area contributed by atoms with E-state index < -0.39 is 0 Å². The van der Waals surface area contributed by atoms with Gasteiger partial charge in [0.25, 0.3) is 0 Å². The monoisotopic (exact) mass is 366 g/mol. The number of benzene rings is 2. The highest BCUT2D eigenvalue weighted by Gasteiger charge is 2.10. The Labute approximate surface area is 157 Å². The molecule has 1 heterocycles. The zero-order valence-electron chi connectivity index (χ0n) is 15.5. The fourth-order valence-electron chi connectivity index (χ4n) is 2.74. The van der Waals surface area contributed by atoms with Crippen LogP contribution in [0.3, 0.4) is 0 Å². The van der Waals surface area contributed by atoms with Gasteiger partial charge in [-0.1, -0.05) is 0 Å². The summed E-state index contributed by atoms with van der Waals surface area (Å²) in [7, 11) is 3.22. The molecule has 0 atom stereocenters. The molecule has 3 rings (SSSR count). The summed E-state index contributed by atoms with van der Waals surface area (Å²) in [4.78, 5) is 11.3. The average Bonchev–Trinajstić information content (AvgIpc) is 3.15. The standard InChI is InChI=1S/C20H22N4O3/c1-13(25)23-18-9-6-16(10-19(18)27-3)21-11-15-12-22-24-20(15)14-4-7-17(26-2)8-5-14/h4-10,12,21H,11H2,1-3H3,(H,22,24)(H,23,25). The second-order valence-corrected chi connectivity index (χ2v) is 5.95. The van der Waals surface area contributed by atoms with Crippen molar-refractivity contribution in [3.63, 3.8) is 0 Å². The molecule has 140 valence electrons. The highest BCUT2D eigenvalue weighted by Crippen LogP contribution is 2.29. The van der Waals surface area contributed by atoms with Gasteiger partial charge in [-0.2, -0.15) is 5.10 Å². The number of amides is 1. The van der Waals surface area contributed by atoms with Crippen LogP contribution in [0, 0.1) is 0 Å². The summed E-state index contributed by atoms with van der Waals surface area (Å²) in [5.41, 5.74) is 4.53.